The standard InChI is InChI=1S/C16H18N4O3/c1-9-12(8-17-20(9)4)15(21)18-11-5-6-14-13(7-11)19(3)16(22)10(2)23-14/h5-8,10H,1-4H3,(H,18,21). The van der Waals surface area contributed by atoms with Gasteiger partial charge in [-0.25, -0.2) is 0 Å². The van der Waals surface area contributed by atoms with Crippen molar-refractivity contribution in [1.29, 1.82) is 0 Å². The van der Waals surface area contributed by atoms with E-state index in [1.807, 2.05) is 6.92 Å². The van der Waals surface area contributed by atoms with Crippen molar-refractivity contribution in [3.8, 4) is 5.75 Å². The van der Waals surface area contributed by atoms with Gasteiger partial charge >= 0.3 is 0 Å². The molecule has 1 aromatic carbocycles. The molecule has 1 aromatic heterocycles. The van der Waals surface area contributed by atoms with Gasteiger partial charge in [-0.05, 0) is 32.0 Å². The monoisotopic (exact) mass is 314 g/mol. The lowest BCUT2D eigenvalue weighted by molar-refractivity contribution is -0.125. The van der Waals surface area contributed by atoms with Gasteiger partial charge in [-0.15, -0.1) is 0 Å². The zero-order valence-corrected chi connectivity index (χ0v) is 13.5. The summed E-state index contributed by atoms with van der Waals surface area (Å²) in [6.07, 6.45) is 1.02. The van der Waals surface area contributed by atoms with E-state index in [2.05, 4.69) is 10.4 Å². The molecule has 1 aliphatic heterocycles. The molecule has 0 saturated carbocycles. The maximum Gasteiger partial charge on any atom is 0.267 e. The van der Waals surface area contributed by atoms with Crippen molar-refractivity contribution in [3.05, 3.63) is 35.7 Å². The van der Waals surface area contributed by atoms with Crippen LogP contribution in [0.25, 0.3) is 0 Å². The van der Waals surface area contributed by atoms with Crippen molar-refractivity contribution >= 4 is 23.2 Å². The number of hydrogen-bond donors (Lipinski definition) is 1. The molecule has 0 aliphatic carbocycles. The van der Waals surface area contributed by atoms with Crippen LogP contribution in [0.5, 0.6) is 5.75 Å². The van der Waals surface area contributed by atoms with E-state index < -0.39 is 6.10 Å². The molecule has 23 heavy (non-hydrogen) atoms. The summed E-state index contributed by atoms with van der Waals surface area (Å²) in [6, 6.07) is 5.22. The number of carbonyl (C=O) groups excluding carboxylic acids is 2. The molecule has 7 nitrogen and oxygen atoms in total. The zero-order chi connectivity index (χ0) is 16.7. The number of nitrogens with one attached hydrogen (secondary N) is 1. The molecule has 2 amide bonds. The number of benzene rings is 1. The summed E-state index contributed by atoms with van der Waals surface area (Å²) in [5.41, 5.74) is 2.52. The Bertz CT molecular complexity index is 797. The van der Waals surface area contributed by atoms with Crippen molar-refractivity contribution in [3.63, 3.8) is 0 Å². The Kier molecular flexibility index (Phi) is 3.55. The normalized spacial score (nSPS) is 16.8. The van der Waals surface area contributed by atoms with Gasteiger partial charge < -0.3 is 15.0 Å². The van der Waals surface area contributed by atoms with Crippen LogP contribution in [0, 0.1) is 6.92 Å². The van der Waals surface area contributed by atoms with E-state index in [1.54, 1.807) is 43.9 Å². The van der Waals surface area contributed by atoms with Crippen molar-refractivity contribution in [2.45, 2.75) is 20.0 Å². The van der Waals surface area contributed by atoms with Crippen LogP contribution in [0.1, 0.15) is 23.0 Å². The number of aryl methyl sites for hydroxylation is 1. The lowest BCUT2D eigenvalue weighted by Crippen LogP contribution is -2.41. The number of hydrogen-bond acceptors (Lipinski definition) is 4. The van der Waals surface area contributed by atoms with Crippen molar-refractivity contribution < 1.29 is 14.3 Å². The Balaban J connectivity index is 1.87. The van der Waals surface area contributed by atoms with Crippen LogP contribution in [0.4, 0.5) is 11.4 Å². The molecule has 3 rings (SSSR count). The summed E-state index contributed by atoms with van der Waals surface area (Å²) < 4.78 is 7.21. The molecule has 0 radical (unpaired) electrons. The minimum Gasteiger partial charge on any atom is -0.479 e. The molecule has 1 unspecified atom stereocenters. The first-order valence-electron chi connectivity index (χ1n) is 7.26. The maximum absolute atomic E-state index is 12.3. The van der Waals surface area contributed by atoms with E-state index >= 15 is 0 Å². The molecular weight excluding hydrogens is 296 g/mol. The second kappa shape index (κ2) is 5.42. The molecule has 120 valence electrons. The van der Waals surface area contributed by atoms with E-state index in [0.29, 0.717) is 22.7 Å². The average molecular weight is 314 g/mol. The lowest BCUT2D eigenvalue weighted by Gasteiger charge is -2.30. The van der Waals surface area contributed by atoms with Crippen molar-refractivity contribution in [2.24, 2.45) is 7.05 Å². The number of ether oxygens (including phenoxy) is 1. The first kappa shape index (κ1) is 15.1. The van der Waals surface area contributed by atoms with Crippen molar-refractivity contribution in [2.75, 3.05) is 17.3 Å². The van der Waals surface area contributed by atoms with Crippen LogP contribution in [-0.2, 0) is 11.8 Å². The number of amides is 2. The van der Waals surface area contributed by atoms with Gasteiger partial charge in [0, 0.05) is 25.5 Å². The van der Waals surface area contributed by atoms with E-state index in [0.717, 1.165) is 5.69 Å². The predicted molar refractivity (Wildman–Crippen MR) is 85.8 cm³/mol. The highest BCUT2D eigenvalue weighted by atomic mass is 16.5. The Labute approximate surface area is 133 Å². The minimum absolute atomic E-state index is 0.121. The van der Waals surface area contributed by atoms with E-state index in [9.17, 15) is 9.59 Å². The maximum atomic E-state index is 12.3. The van der Waals surface area contributed by atoms with Crippen LogP contribution >= 0.6 is 0 Å². The molecule has 0 saturated heterocycles. The summed E-state index contributed by atoms with van der Waals surface area (Å²) >= 11 is 0. The predicted octanol–water partition coefficient (Wildman–Crippen LogP) is 1.72. The molecule has 2 heterocycles. The quantitative estimate of drug-likeness (QED) is 0.916. The van der Waals surface area contributed by atoms with E-state index in [-0.39, 0.29) is 11.8 Å². The van der Waals surface area contributed by atoms with Crippen LogP contribution in [0.2, 0.25) is 0 Å². The third-order valence-electron chi connectivity index (χ3n) is 4.04. The largest absolute Gasteiger partial charge is 0.479 e. The van der Waals surface area contributed by atoms with Crippen LogP contribution in [0.3, 0.4) is 0 Å². The summed E-state index contributed by atoms with van der Waals surface area (Å²) in [5, 5.41) is 6.89. The van der Waals surface area contributed by atoms with Gasteiger partial charge in [0.15, 0.2) is 6.10 Å². The number of anilines is 2. The van der Waals surface area contributed by atoms with E-state index in [1.165, 1.54) is 11.1 Å². The van der Waals surface area contributed by atoms with Gasteiger partial charge in [-0.3, -0.25) is 14.3 Å². The van der Waals surface area contributed by atoms with E-state index in [4.69, 9.17) is 4.74 Å². The van der Waals surface area contributed by atoms with Crippen molar-refractivity contribution in [1.82, 2.24) is 9.78 Å². The fourth-order valence-electron chi connectivity index (χ4n) is 2.51. The highest BCUT2D eigenvalue weighted by Crippen LogP contribution is 2.35. The number of likely N-dealkylation sites (N-methyl/N-ethyl adjacent to an activating group) is 1. The van der Waals surface area contributed by atoms with Gasteiger partial charge in [0.2, 0.25) is 0 Å². The number of rotatable bonds is 2. The summed E-state index contributed by atoms with van der Waals surface area (Å²) in [5.74, 6) is 0.258. The van der Waals surface area contributed by atoms with Gasteiger partial charge in [-0.1, -0.05) is 0 Å². The molecular formula is C16H18N4O3. The van der Waals surface area contributed by atoms with Gasteiger partial charge in [0.05, 0.1) is 17.4 Å². The third kappa shape index (κ3) is 2.54. The lowest BCUT2D eigenvalue weighted by atomic mass is 10.1. The topological polar surface area (TPSA) is 76.5 Å². The molecule has 1 atom stereocenters. The highest BCUT2D eigenvalue weighted by Gasteiger charge is 2.29. The Morgan fingerprint density at radius 1 is 1.35 bits per heavy atom. The number of nitrogens with zero attached hydrogens (tertiary/aromatic N) is 3. The van der Waals surface area contributed by atoms with Gasteiger partial charge in [-0.2, -0.15) is 5.10 Å². The molecule has 2 aromatic rings. The summed E-state index contributed by atoms with van der Waals surface area (Å²) in [6.45, 7) is 3.54. The Morgan fingerprint density at radius 3 is 2.74 bits per heavy atom. The zero-order valence-electron chi connectivity index (χ0n) is 13.5. The smallest absolute Gasteiger partial charge is 0.267 e. The molecule has 0 bridgehead atoms. The van der Waals surface area contributed by atoms with Crippen LogP contribution in [0.15, 0.2) is 24.4 Å². The molecule has 1 N–H and O–H groups in total. The number of aromatic nitrogens is 2. The summed E-state index contributed by atoms with van der Waals surface area (Å²) in [7, 11) is 3.47. The average Bonchev–Trinajstić information content (AvgIpc) is 2.85. The summed E-state index contributed by atoms with van der Waals surface area (Å²) in [4.78, 5) is 25.9. The molecule has 7 heteroatoms. The SMILES string of the molecule is Cc1c(C(=O)Nc2ccc3c(c2)N(C)C(=O)C(C)O3)cnn1C. The number of carbonyl (C=O) groups is 2. The van der Waals surface area contributed by atoms with Gasteiger partial charge in [0.1, 0.15) is 5.75 Å². The first-order chi connectivity index (χ1) is 10.9. The van der Waals surface area contributed by atoms with Gasteiger partial charge in [0.25, 0.3) is 11.8 Å². The second-order valence-electron chi connectivity index (χ2n) is 5.56. The fraction of sp³-hybridized carbons (Fsp3) is 0.312. The molecule has 0 fully saturated rings. The highest BCUT2D eigenvalue weighted by molar-refractivity contribution is 6.06. The van der Waals surface area contributed by atoms with Crippen LogP contribution < -0.4 is 15.0 Å². The Hall–Kier alpha value is -2.83. The molecule has 1 aliphatic rings. The minimum atomic E-state index is -0.508. The molecule has 0 spiro atoms. The number of fused-ring (bicyclic) bond motifs is 1. The first-order valence-corrected chi connectivity index (χ1v) is 7.26. The Morgan fingerprint density at radius 2 is 2.09 bits per heavy atom. The fourth-order valence-corrected chi connectivity index (χ4v) is 2.51. The third-order valence-corrected chi connectivity index (χ3v) is 4.04. The second-order valence-corrected chi connectivity index (χ2v) is 5.56. The van der Waals surface area contributed by atoms with Crippen LogP contribution in [-0.4, -0.2) is 34.7 Å².